The first-order chi connectivity index (χ1) is 19.4. The van der Waals surface area contributed by atoms with Gasteiger partial charge in [0.1, 0.15) is 25.9 Å². The van der Waals surface area contributed by atoms with Crippen molar-refractivity contribution in [2.75, 3.05) is 6.54 Å². The summed E-state index contributed by atoms with van der Waals surface area (Å²) in [5.74, 6) is -3.68. The average molecular weight is 544 g/mol. The molecule has 0 spiro atoms. The van der Waals surface area contributed by atoms with E-state index < -0.39 is 36.0 Å². The Bertz CT molecular complexity index is 1340. The Labute approximate surface area is 231 Å². The van der Waals surface area contributed by atoms with E-state index in [1.807, 2.05) is 30.3 Å². The molecule has 4 rings (SSSR count). The van der Waals surface area contributed by atoms with Gasteiger partial charge in [0, 0.05) is 18.5 Å². The van der Waals surface area contributed by atoms with Gasteiger partial charge in [-0.1, -0.05) is 91.0 Å². The van der Waals surface area contributed by atoms with Crippen molar-refractivity contribution >= 4 is 24.0 Å². The molecule has 40 heavy (non-hydrogen) atoms. The van der Waals surface area contributed by atoms with Gasteiger partial charge < -0.3 is 19.3 Å². The number of amides is 1. The van der Waals surface area contributed by atoms with E-state index in [1.54, 1.807) is 60.7 Å². The van der Waals surface area contributed by atoms with Crippen molar-refractivity contribution in [3.8, 4) is 0 Å². The van der Waals surface area contributed by atoms with Crippen molar-refractivity contribution in [2.45, 2.75) is 32.3 Å². The quantitative estimate of drug-likeness (QED) is 0.225. The van der Waals surface area contributed by atoms with E-state index in [2.05, 4.69) is 0 Å². The van der Waals surface area contributed by atoms with Crippen molar-refractivity contribution in [2.24, 2.45) is 5.92 Å². The molecule has 1 N–H and O–H groups in total. The Morgan fingerprint density at radius 3 is 1.70 bits per heavy atom. The van der Waals surface area contributed by atoms with Crippen LogP contribution in [0.25, 0.3) is 0 Å². The number of carboxylic acids is 1. The Kier molecular flexibility index (Phi) is 9.66. The predicted octanol–water partition coefficient (Wildman–Crippen LogP) is 4.51. The monoisotopic (exact) mass is 543 g/mol. The first kappa shape index (κ1) is 28.1. The summed E-state index contributed by atoms with van der Waals surface area (Å²) in [6, 6.07) is 25.7. The molecule has 0 aromatic heterocycles. The first-order valence-corrected chi connectivity index (χ1v) is 12.7. The maximum Gasteiger partial charge on any atom is 0.411 e. The van der Waals surface area contributed by atoms with Crippen LogP contribution in [-0.2, 0) is 48.4 Å². The summed E-state index contributed by atoms with van der Waals surface area (Å²) >= 11 is 0. The maximum absolute atomic E-state index is 13.4. The lowest BCUT2D eigenvalue weighted by molar-refractivity contribution is -0.152. The van der Waals surface area contributed by atoms with Crippen LogP contribution in [-0.4, -0.2) is 46.6 Å². The molecule has 0 aliphatic carbocycles. The van der Waals surface area contributed by atoms with Crippen LogP contribution >= 0.6 is 0 Å². The highest BCUT2D eigenvalue weighted by atomic mass is 16.6. The molecular formula is C31H29NO8. The minimum Gasteiger partial charge on any atom is -0.478 e. The smallest absolute Gasteiger partial charge is 0.411 e. The number of benzene rings is 3. The maximum atomic E-state index is 13.4. The number of nitrogens with zero attached hydrogens (tertiary/aromatic N) is 1. The van der Waals surface area contributed by atoms with Crippen LogP contribution in [0.2, 0.25) is 0 Å². The molecule has 3 aromatic carbocycles. The topological polar surface area (TPSA) is 119 Å². The van der Waals surface area contributed by atoms with Crippen molar-refractivity contribution in [3.63, 3.8) is 0 Å². The van der Waals surface area contributed by atoms with Gasteiger partial charge >= 0.3 is 24.0 Å². The number of hydrogen-bond acceptors (Lipinski definition) is 7. The lowest BCUT2D eigenvalue weighted by atomic mass is 9.92. The van der Waals surface area contributed by atoms with Gasteiger partial charge in [0.2, 0.25) is 0 Å². The van der Waals surface area contributed by atoms with Crippen molar-refractivity contribution in [1.82, 2.24) is 4.90 Å². The normalized spacial score (nSPS) is 17.3. The van der Waals surface area contributed by atoms with Gasteiger partial charge in [0.25, 0.3) is 0 Å². The molecular weight excluding hydrogens is 514 g/mol. The predicted molar refractivity (Wildman–Crippen MR) is 143 cm³/mol. The molecule has 1 amide bonds. The van der Waals surface area contributed by atoms with Crippen molar-refractivity contribution in [1.29, 1.82) is 0 Å². The molecule has 0 bridgehead atoms. The van der Waals surface area contributed by atoms with Gasteiger partial charge in [0.05, 0.1) is 6.42 Å². The largest absolute Gasteiger partial charge is 0.478 e. The van der Waals surface area contributed by atoms with E-state index in [9.17, 15) is 24.3 Å². The SMILES string of the molecule is O=C(O)/C=C1\CN(C(=O)OCc2ccccc2)[C@H](C(=O)OCc2ccccc2)[C@H]1CC(=O)OCc1ccccc1. The van der Waals surface area contributed by atoms with Gasteiger partial charge in [-0.25, -0.2) is 14.4 Å². The molecule has 2 atom stereocenters. The molecule has 0 radical (unpaired) electrons. The summed E-state index contributed by atoms with van der Waals surface area (Å²) in [6.07, 6.45) is -0.252. The summed E-state index contributed by atoms with van der Waals surface area (Å²) < 4.78 is 16.4. The van der Waals surface area contributed by atoms with Gasteiger partial charge in [0.15, 0.2) is 0 Å². The minimum atomic E-state index is -1.29. The number of likely N-dealkylation sites (tertiary alicyclic amines) is 1. The van der Waals surface area contributed by atoms with E-state index in [1.165, 1.54) is 0 Å². The number of rotatable bonds is 10. The summed E-state index contributed by atoms with van der Waals surface area (Å²) in [5, 5.41) is 9.49. The third-order valence-electron chi connectivity index (χ3n) is 6.39. The summed E-state index contributed by atoms with van der Waals surface area (Å²) in [7, 11) is 0. The third-order valence-corrected chi connectivity index (χ3v) is 6.39. The first-order valence-electron chi connectivity index (χ1n) is 12.7. The highest BCUT2D eigenvalue weighted by molar-refractivity contribution is 5.87. The van der Waals surface area contributed by atoms with Crippen molar-refractivity contribution in [3.05, 3.63) is 119 Å². The molecule has 9 nitrogen and oxygen atoms in total. The average Bonchev–Trinajstić information content (AvgIpc) is 3.32. The molecule has 1 saturated heterocycles. The van der Waals surface area contributed by atoms with E-state index >= 15 is 0 Å². The highest BCUT2D eigenvalue weighted by Crippen LogP contribution is 2.34. The zero-order valence-electron chi connectivity index (χ0n) is 21.7. The number of esters is 2. The number of ether oxygens (including phenoxy) is 3. The van der Waals surface area contributed by atoms with Crippen LogP contribution in [0, 0.1) is 5.92 Å². The fourth-order valence-corrected chi connectivity index (χ4v) is 4.45. The Hall–Kier alpha value is -4.92. The van der Waals surface area contributed by atoms with Crippen molar-refractivity contribution < 1.29 is 38.5 Å². The van der Waals surface area contributed by atoms with E-state index in [0.29, 0.717) is 0 Å². The Balaban J connectivity index is 1.55. The second kappa shape index (κ2) is 13.7. The highest BCUT2D eigenvalue weighted by Gasteiger charge is 2.47. The van der Waals surface area contributed by atoms with Crippen LogP contribution in [0.1, 0.15) is 23.1 Å². The molecule has 1 heterocycles. The van der Waals surface area contributed by atoms with Gasteiger partial charge in [-0.05, 0) is 22.3 Å². The van der Waals surface area contributed by atoms with Gasteiger partial charge in [-0.15, -0.1) is 0 Å². The Morgan fingerprint density at radius 2 is 1.20 bits per heavy atom. The van der Waals surface area contributed by atoms with Gasteiger partial charge in [-0.3, -0.25) is 9.69 Å². The summed E-state index contributed by atoms with van der Waals surface area (Å²) in [5.41, 5.74) is 2.45. The summed E-state index contributed by atoms with van der Waals surface area (Å²) in [6.45, 7) is -0.325. The minimum absolute atomic E-state index is 0.0102. The standard InChI is InChI=1S/C31H29NO8/c33-27(34)16-25-18-32(31(37)40-21-24-14-8-3-9-15-24)29(30(36)39-20-23-12-6-2-7-13-23)26(25)17-28(35)38-19-22-10-4-1-5-11-22/h1-16,26,29H,17-21H2,(H,33,34)/b25-16+/t26-,29-/m0/s1. The fourth-order valence-electron chi connectivity index (χ4n) is 4.45. The molecule has 1 fully saturated rings. The molecule has 1 aliphatic rings. The number of carboxylic acid groups (broad SMARTS) is 1. The van der Waals surface area contributed by atoms with E-state index in [4.69, 9.17) is 14.2 Å². The zero-order chi connectivity index (χ0) is 28.3. The van der Waals surface area contributed by atoms with Crippen LogP contribution < -0.4 is 0 Å². The zero-order valence-corrected chi connectivity index (χ0v) is 21.7. The van der Waals surface area contributed by atoms with Crippen LogP contribution in [0.15, 0.2) is 103 Å². The number of carbonyl (C=O) groups excluding carboxylic acids is 3. The second-order valence-electron chi connectivity index (χ2n) is 9.22. The van der Waals surface area contributed by atoms with Crippen LogP contribution in [0.5, 0.6) is 0 Å². The number of aliphatic carboxylic acids is 1. The third kappa shape index (κ3) is 7.80. The Morgan fingerprint density at radius 1 is 0.725 bits per heavy atom. The van der Waals surface area contributed by atoms with Gasteiger partial charge in [-0.2, -0.15) is 0 Å². The molecule has 0 saturated carbocycles. The summed E-state index contributed by atoms with van der Waals surface area (Å²) in [4.78, 5) is 52.2. The lowest BCUT2D eigenvalue weighted by Gasteiger charge is -2.25. The number of carbonyl (C=O) groups is 4. The van der Waals surface area contributed by atoms with E-state index in [0.717, 1.165) is 27.7 Å². The fraction of sp³-hybridized carbons (Fsp3) is 0.226. The second-order valence-corrected chi connectivity index (χ2v) is 9.22. The molecule has 0 unspecified atom stereocenters. The molecule has 9 heteroatoms. The molecule has 206 valence electrons. The van der Waals surface area contributed by atoms with Crippen LogP contribution in [0.3, 0.4) is 0 Å². The van der Waals surface area contributed by atoms with E-state index in [-0.39, 0.29) is 38.4 Å². The molecule has 1 aliphatic heterocycles. The number of hydrogen-bond donors (Lipinski definition) is 1. The molecule has 3 aromatic rings. The lowest BCUT2D eigenvalue weighted by Crippen LogP contribution is -2.45. The van der Waals surface area contributed by atoms with Crippen LogP contribution in [0.4, 0.5) is 4.79 Å².